The number of likely N-dealkylation sites (N-methyl/N-ethyl adjacent to an activating group) is 1. The van der Waals surface area contributed by atoms with Gasteiger partial charge in [0.1, 0.15) is 6.50 Å². The van der Waals surface area contributed by atoms with E-state index in [0.29, 0.717) is 0 Å². The van der Waals surface area contributed by atoms with Crippen LogP contribution in [0.2, 0.25) is 0 Å². The first-order chi connectivity index (χ1) is 6.31. The predicted octanol–water partition coefficient (Wildman–Crippen LogP) is -0.315. The number of aliphatic hydroxyl groups is 1. The maximum absolute atomic E-state index is 8.98. The fraction of sp³-hybridized carbons (Fsp3) is 1.00. The lowest BCUT2D eigenvalue weighted by Gasteiger charge is -2.21. The molecule has 0 amide bonds. The quantitative estimate of drug-likeness (QED) is 0.486. The standard InChI is InChI=1S/C5H14NO/c1-6(2,3)4-5-7/h7H,4-5H2,1-3H3/q+1/i1D,2D3,4D2,5D2. The average molecular weight is 112 g/mol. The fourth-order valence-electron chi connectivity index (χ4n) is 0.110. The summed E-state index contributed by atoms with van der Waals surface area (Å²) >= 11 is 0. The molecule has 0 aromatic carbocycles. The second-order valence-electron chi connectivity index (χ2n) is 1.42. The van der Waals surface area contributed by atoms with Crippen LogP contribution in [0, 0.1) is 0 Å². The summed E-state index contributed by atoms with van der Waals surface area (Å²) in [5, 5.41) is 8.98. The molecule has 0 bridgehead atoms. The van der Waals surface area contributed by atoms with Gasteiger partial charge in [-0.2, -0.15) is 0 Å². The molecule has 0 saturated heterocycles. The van der Waals surface area contributed by atoms with E-state index in [-0.39, 0.29) is 0 Å². The van der Waals surface area contributed by atoms with Crippen LogP contribution >= 0.6 is 0 Å². The zero-order chi connectivity index (χ0) is 12.7. The molecule has 7 heavy (non-hydrogen) atoms. The SMILES string of the molecule is [2H]C[N+](C)(C([2H])([2H])[2H])C([2H])([2H])C([2H])([2H])O. The van der Waals surface area contributed by atoms with Gasteiger partial charge in [-0.05, 0) is 0 Å². The number of quaternary nitrogens is 1. The third kappa shape index (κ3) is 5.92. The van der Waals surface area contributed by atoms with E-state index in [9.17, 15) is 0 Å². The van der Waals surface area contributed by atoms with Gasteiger partial charge >= 0.3 is 0 Å². The van der Waals surface area contributed by atoms with Gasteiger partial charge in [0.25, 0.3) is 0 Å². The summed E-state index contributed by atoms with van der Waals surface area (Å²) in [7, 11) is -0.0440. The van der Waals surface area contributed by atoms with E-state index < -0.39 is 31.5 Å². The van der Waals surface area contributed by atoms with Crippen molar-refractivity contribution in [3.63, 3.8) is 0 Å². The van der Waals surface area contributed by atoms with Gasteiger partial charge in [-0.3, -0.25) is 0 Å². The van der Waals surface area contributed by atoms with E-state index in [1.807, 2.05) is 0 Å². The van der Waals surface area contributed by atoms with Crippen molar-refractivity contribution in [3.05, 3.63) is 0 Å². The Balaban J connectivity index is 5.50. The highest BCUT2D eigenvalue weighted by molar-refractivity contribution is 4.19. The van der Waals surface area contributed by atoms with Crippen LogP contribution in [0.25, 0.3) is 0 Å². The maximum atomic E-state index is 8.98. The molecular weight excluding hydrogens is 90.1 g/mol. The van der Waals surface area contributed by atoms with Gasteiger partial charge < -0.3 is 9.59 Å². The van der Waals surface area contributed by atoms with Gasteiger partial charge in [-0.1, -0.05) is 0 Å². The lowest BCUT2D eigenvalue weighted by atomic mass is 10.5. The summed E-state index contributed by atoms with van der Waals surface area (Å²) in [6.45, 7) is -9.36. The molecule has 0 aromatic rings. The fourth-order valence-corrected chi connectivity index (χ4v) is 0.110. The molecule has 0 aliphatic carbocycles. The summed E-state index contributed by atoms with van der Waals surface area (Å²) in [5.74, 6) is 0. The molecular formula is C5H14NO+. The van der Waals surface area contributed by atoms with E-state index in [1.165, 1.54) is 0 Å². The molecule has 0 rings (SSSR count). The molecule has 0 fully saturated rings. The third-order valence-electron chi connectivity index (χ3n) is 0.297. The Morgan fingerprint density at radius 2 is 2.71 bits per heavy atom. The third-order valence-corrected chi connectivity index (χ3v) is 0.297. The second kappa shape index (κ2) is 2.28. The first-order valence-electron chi connectivity index (χ1n) is 5.89. The van der Waals surface area contributed by atoms with Crippen molar-refractivity contribution < 1.29 is 20.6 Å². The summed E-state index contributed by atoms with van der Waals surface area (Å²) in [4.78, 5) is 0. The first-order valence-corrected chi connectivity index (χ1v) is 1.68. The van der Waals surface area contributed by atoms with Gasteiger partial charge in [-0.25, -0.2) is 0 Å². The highest BCUT2D eigenvalue weighted by atomic mass is 16.3. The Hall–Kier alpha value is -0.0800. The van der Waals surface area contributed by atoms with E-state index in [2.05, 4.69) is 0 Å². The molecule has 0 aliphatic rings. The Bertz CT molecular complexity index is 232. The normalized spacial score (nSPS) is 41.4. The van der Waals surface area contributed by atoms with Crippen LogP contribution in [0.3, 0.4) is 0 Å². The monoisotopic (exact) mass is 112 g/mol. The molecule has 0 heterocycles. The van der Waals surface area contributed by atoms with Crippen LogP contribution in [0.1, 0.15) is 11.0 Å². The molecule has 1 atom stereocenters. The van der Waals surface area contributed by atoms with Crippen LogP contribution < -0.4 is 0 Å². The topological polar surface area (TPSA) is 20.2 Å². The minimum atomic E-state index is -3.34. The van der Waals surface area contributed by atoms with E-state index in [1.54, 1.807) is 0 Å². The van der Waals surface area contributed by atoms with Crippen molar-refractivity contribution >= 4 is 0 Å². The van der Waals surface area contributed by atoms with Gasteiger partial charge in [0.05, 0.1) is 38.6 Å². The molecule has 1 unspecified atom stereocenters. The summed E-state index contributed by atoms with van der Waals surface area (Å²) in [6.07, 6.45) is 0. The summed E-state index contributed by atoms with van der Waals surface area (Å²) in [6, 6.07) is 0. The number of hydrogen-bond acceptors (Lipinski definition) is 1. The highest BCUT2D eigenvalue weighted by Gasteiger charge is 2.02. The van der Waals surface area contributed by atoms with Crippen molar-refractivity contribution in [2.45, 2.75) is 0 Å². The molecule has 1 N–H and O–H groups in total. The molecule has 0 aromatic heterocycles. The van der Waals surface area contributed by atoms with Gasteiger partial charge in [0, 0.05) is 0 Å². The van der Waals surface area contributed by atoms with Crippen LogP contribution in [0.5, 0.6) is 0 Å². The predicted molar refractivity (Wildman–Crippen MR) is 30.0 cm³/mol. The highest BCUT2D eigenvalue weighted by Crippen LogP contribution is 1.84. The summed E-state index contributed by atoms with van der Waals surface area (Å²) < 4.78 is 55.2. The molecule has 0 radical (unpaired) electrons. The number of hydrogen-bond donors (Lipinski definition) is 1. The van der Waals surface area contributed by atoms with Crippen molar-refractivity contribution in [1.82, 2.24) is 0 Å². The molecule has 0 saturated carbocycles. The van der Waals surface area contributed by atoms with Crippen molar-refractivity contribution in [3.8, 4) is 0 Å². The van der Waals surface area contributed by atoms with Gasteiger partial charge in [-0.15, -0.1) is 0 Å². The Morgan fingerprint density at radius 1 is 2.00 bits per heavy atom. The Kier molecular flexibility index (Phi) is 0.408. The van der Waals surface area contributed by atoms with Gasteiger partial charge in [0.2, 0.25) is 0 Å². The number of rotatable bonds is 2. The minimum Gasteiger partial charge on any atom is -0.391 e. The molecule has 0 aliphatic heterocycles. The van der Waals surface area contributed by atoms with E-state index in [0.717, 1.165) is 7.05 Å². The van der Waals surface area contributed by atoms with Crippen molar-refractivity contribution in [2.75, 3.05) is 34.1 Å². The second-order valence-corrected chi connectivity index (χ2v) is 1.42. The van der Waals surface area contributed by atoms with Gasteiger partial charge in [0.15, 0.2) is 0 Å². The van der Waals surface area contributed by atoms with Crippen LogP contribution in [-0.2, 0) is 0 Å². The Labute approximate surface area is 56.2 Å². The first kappa shape index (κ1) is 1.25. The van der Waals surface area contributed by atoms with Crippen LogP contribution in [0.4, 0.5) is 0 Å². The van der Waals surface area contributed by atoms with E-state index in [4.69, 9.17) is 16.1 Å². The zero-order valence-corrected chi connectivity index (χ0v) is 4.10. The smallest absolute Gasteiger partial charge is 0.101 e. The lowest BCUT2D eigenvalue weighted by molar-refractivity contribution is -0.870. The Morgan fingerprint density at radius 3 is 2.86 bits per heavy atom. The molecule has 44 valence electrons. The van der Waals surface area contributed by atoms with Crippen molar-refractivity contribution in [2.24, 2.45) is 0 Å². The van der Waals surface area contributed by atoms with Crippen LogP contribution in [-0.4, -0.2) is 43.7 Å². The number of nitrogens with zero attached hydrogens (tertiary/aromatic N) is 1. The van der Waals surface area contributed by atoms with Crippen molar-refractivity contribution in [1.29, 1.82) is 0 Å². The lowest BCUT2D eigenvalue weighted by Crippen LogP contribution is -2.36. The summed E-state index contributed by atoms with van der Waals surface area (Å²) in [5.41, 5.74) is 0. The van der Waals surface area contributed by atoms with Crippen LogP contribution in [0.15, 0.2) is 0 Å². The molecule has 2 heteroatoms. The largest absolute Gasteiger partial charge is 0.391 e. The zero-order valence-electron chi connectivity index (χ0n) is 12.1. The molecule has 0 spiro atoms. The maximum Gasteiger partial charge on any atom is 0.101 e. The molecule has 2 nitrogen and oxygen atoms in total. The average Bonchev–Trinajstić information content (AvgIpc) is 1.98. The van der Waals surface area contributed by atoms with E-state index >= 15 is 0 Å². The minimum absolute atomic E-state index is 0.869.